The molecule has 1 atom stereocenters. The van der Waals surface area contributed by atoms with Gasteiger partial charge in [-0.1, -0.05) is 23.4 Å². The van der Waals surface area contributed by atoms with E-state index in [0.717, 1.165) is 12.1 Å². The van der Waals surface area contributed by atoms with Gasteiger partial charge in [-0.3, -0.25) is 15.0 Å². The number of allylic oxidation sites excluding steroid dienone is 3. The van der Waals surface area contributed by atoms with Crippen LogP contribution in [0.1, 0.15) is 42.6 Å². The number of nitrogens with one attached hydrogen (secondary N) is 1. The summed E-state index contributed by atoms with van der Waals surface area (Å²) in [4.78, 5) is 31.7. The van der Waals surface area contributed by atoms with E-state index in [1.807, 2.05) is 4.90 Å². The fourth-order valence-corrected chi connectivity index (χ4v) is 5.33. The molecule has 2 aromatic carbocycles. The van der Waals surface area contributed by atoms with Crippen LogP contribution in [-0.4, -0.2) is 59.4 Å². The number of nitro benzene ring substituents is 1. The molecule has 0 amide bonds. The van der Waals surface area contributed by atoms with Crippen molar-refractivity contribution in [1.82, 2.24) is 20.4 Å². The minimum absolute atomic E-state index is 0.127. The van der Waals surface area contributed by atoms with E-state index in [0.29, 0.717) is 66.8 Å². The number of hydrogen-bond acceptors (Lipinski definition) is 11. The summed E-state index contributed by atoms with van der Waals surface area (Å²) in [5.41, 5.74) is 1.69. The van der Waals surface area contributed by atoms with Crippen molar-refractivity contribution in [2.45, 2.75) is 32.5 Å². The van der Waals surface area contributed by atoms with Crippen LogP contribution in [0.5, 0.6) is 0 Å². The molecule has 3 aromatic rings. The average Bonchev–Trinajstić information content (AvgIpc) is 3.46. The number of dihydropyridines is 1. The first-order valence-electron chi connectivity index (χ1n) is 13.6. The Kier molecular flexibility index (Phi) is 8.58. The third-order valence-electron chi connectivity index (χ3n) is 7.45. The molecule has 0 saturated carbocycles. The van der Waals surface area contributed by atoms with E-state index in [2.05, 4.69) is 20.4 Å². The van der Waals surface area contributed by atoms with E-state index in [4.69, 9.17) is 14.0 Å². The molecule has 44 heavy (non-hydrogen) atoms. The van der Waals surface area contributed by atoms with Crippen molar-refractivity contribution >= 4 is 23.1 Å². The molecule has 0 bridgehead atoms. The molecule has 1 saturated heterocycles. The van der Waals surface area contributed by atoms with Gasteiger partial charge in [0, 0.05) is 49.7 Å². The lowest BCUT2D eigenvalue weighted by Gasteiger charge is -2.35. The van der Waals surface area contributed by atoms with Gasteiger partial charge < -0.3 is 24.2 Å². The van der Waals surface area contributed by atoms with Crippen LogP contribution in [0.25, 0.3) is 5.57 Å². The maximum atomic E-state index is 13.2. The van der Waals surface area contributed by atoms with Gasteiger partial charge in [0.25, 0.3) is 11.6 Å². The zero-order valence-corrected chi connectivity index (χ0v) is 24.1. The molecule has 12 nitrogen and oxygen atoms in total. The third kappa shape index (κ3) is 6.51. The van der Waals surface area contributed by atoms with Gasteiger partial charge in [0.2, 0.25) is 0 Å². The number of halogens is 3. The van der Waals surface area contributed by atoms with Crippen molar-refractivity contribution in [2.24, 2.45) is 0 Å². The maximum absolute atomic E-state index is 13.2. The number of alkyl halides is 3. The third-order valence-corrected chi connectivity index (χ3v) is 7.45. The molecule has 1 N–H and O–H groups in total. The number of anilines is 1. The zero-order valence-electron chi connectivity index (χ0n) is 24.1. The Hall–Kier alpha value is -4.92. The molecule has 2 aliphatic rings. The molecule has 1 fully saturated rings. The number of carbonyl (C=O) groups excluding carboxylic acids is 1. The standard InChI is InChI=1S/C29H29F3N6O6/c1-17-24(25(19-6-4-9-22(14-19)38(40)41)26(18(2)33-17)43-28(39)42-3)27-34-23(35-44-27)16-36-10-12-37(13-11-36)21-8-5-7-20(15-21)29(30,31)32/h4-9,14-15,25,33H,10-13,16H2,1-3H3. The molecule has 2 aliphatic heterocycles. The molecule has 232 valence electrons. The molecule has 0 aliphatic carbocycles. The molecule has 15 heteroatoms. The molecule has 3 heterocycles. The van der Waals surface area contributed by atoms with E-state index in [-0.39, 0.29) is 17.3 Å². The highest BCUT2D eigenvalue weighted by Gasteiger charge is 2.37. The summed E-state index contributed by atoms with van der Waals surface area (Å²) in [6.07, 6.45) is -5.38. The predicted molar refractivity (Wildman–Crippen MR) is 151 cm³/mol. The Morgan fingerprint density at radius 3 is 2.52 bits per heavy atom. The van der Waals surface area contributed by atoms with Crippen molar-refractivity contribution in [3.8, 4) is 0 Å². The molecule has 1 aromatic heterocycles. The fourth-order valence-electron chi connectivity index (χ4n) is 5.33. The molecule has 5 rings (SSSR count). The number of piperazine rings is 1. The van der Waals surface area contributed by atoms with Crippen molar-refractivity contribution in [1.29, 1.82) is 0 Å². The van der Waals surface area contributed by atoms with E-state index in [1.54, 1.807) is 26.0 Å². The Morgan fingerprint density at radius 2 is 1.84 bits per heavy atom. The minimum Gasteiger partial charge on any atom is -0.437 e. The van der Waals surface area contributed by atoms with Crippen molar-refractivity contribution in [3.63, 3.8) is 0 Å². The van der Waals surface area contributed by atoms with Gasteiger partial charge in [0.15, 0.2) is 5.82 Å². The molecular weight excluding hydrogens is 585 g/mol. The van der Waals surface area contributed by atoms with E-state index < -0.39 is 28.7 Å². The minimum atomic E-state index is -4.41. The number of aromatic nitrogens is 2. The number of benzene rings is 2. The quantitative estimate of drug-likeness (QED) is 0.207. The normalized spacial score (nSPS) is 17.9. The second-order valence-corrected chi connectivity index (χ2v) is 10.3. The van der Waals surface area contributed by atoms with E-state index >= 15 is 0 Å². The van der Waals surface area contributed by atoms with Crippen LogP contribution in [0.3, 0.4) is 0 Å². The van der Waals surface area contributed by atoms with Gasteiger partial charge in [-0.15, -0.1) is 0 Å². The summed E-state index contributed by atoms with van der Waals surface area (Å²) in [5, 5.41) is 18.8. The summed E-state index contributed by atoms with van der Waals surface area (Å²) >= 11 is 0. The summed E-state index contributed by atoms with van der Waals surface area (Å²) in [7, 11) is 1.17. The Morgan fingerprint density at radius 1 is 1.11 bits per heavy atom. The highest BCUT2D eigenvalue weighted by Crippen LogP contribution is 2.44. The highest BCUT2D eigenvalue weighted by atomic mass is 19.4. The zero-order chi connectivity index (χ0) is 31.6. The van der Waals surface area contributed by atoms with Crippen LogP contribution in [-0.2, 0) is 22.2 Å². The largest absolute Gasteiger partial charge is 0.513 e. The summed E-state index contributed by atoms with van der Waals surface area (Å²) in [5.74, 6) is -0.169. The van der Waals surface area contributed by atoms with Crippen molar-refractivity contribution < 1.29 is 36.9 Å². The molecule has 0 radical (unpaired) electrons. The first kappa shape index (κ1) is 30.5. The number of nitrogens with zero attached hydrogens (tertiary/aromatic N) is 5. The van der Waals surface area contributed by atoms with Crippen LogP contribution in [0.15, 0.2) is 70.2 Å². The molecular formula is C29H29F3N6O6. The van der Waals surface area contributed by atoms with Crippen LogP contribution in [0, 0.1) is 10.1 Å². The molecule has 0 spiro atoms. The van der Waals surface area contributed by atoms with Gasteiger partial charge in [-0.2, -0.15) is 18.2 Å². The number of hydrogen-bond donors (Lipinski definition) is 1. The van der Waals surface area contributed by atoms with Gasteiger partial charge in [-0.05, 0) is 37.6 Å². The monoisotopic (exact) mass is 614 g/mol. The average molecular weight is 615 g/mol. The number of rotatable bonds is 7. The van der Waals surface area contributed by atoms with Gasteiger partial charge in [-0.25, -0.2) is 4.79 Å². The Bertz CT molecular complexity index is 1630. The maximum Gasteiger partial charge on any atom is 0.513 e. The van der Waals surface area contributed by atoms with Crippen LogP contribution in [0.4, 0.5) is 29.3 Å². The predicted octanol–water partition coefficient (Wildman–Crippen LogP) is 5.45. The van der Waals surface area contributed by atoms with Crippen LogP contribution in [0.2, 0.25) is 0 Å². The number of carbonyl (C=O) groups is 1. The first-order valence-corrected chi connectivity index (χ1v) is 13.6. The topological polar surface area (TPSA) is 136 Å². The summed E-state index contributed by atoms with van der Waals surface area (Å²) in [6.45, 7) is 5.91. The highest BCUT2D eigenvalue weighted by molar-refractivity contribution is 5.76. The lowest BCUT2D eigenvalue weighted by molar-refractivity contribution is -0.384. The number of ether oxygens (including phenoxy) is 2. The Labute approximate surface area is 249 Å². The number of non-ortho nitro benzene ring substituents is 1. The van der Waals surface area contributed by atoms with Gasteiger partial charge in [0.1, 0.15) is 5.76 Å². The smallest absolute Gasteiger partial charge is 0.437 e. The SMILES string of the molecule is COC(=O)OC1=C(C)NC(C)=C(c2nc(CN3CCN(c4cccc(C(F)(F)F)c4)CC3)no2)C1c1cccc([N+](=O)[O-])c1. The number of methoxy groups -OCH3 is 1. The van der Waals surface area contributed by atoms with Crippen LogP contribution >= 0.6 is 0 Å². The second-order valence-electron chi connectivity index (χ2n) is 10.3. The summed E-state index contributed by atoms with van der Waals surface area (Å²) in [6, 6.07) is 11.2. The number of nitro groups is 1. The van der Waals surface area contributed by atoms with Gasteiger partial charge >= 0.3 is 12.3 Å². The van der Waals surface area contributed by atoms with Crippen molar-refractivity contribution in [3.05, 3.63) is 98.6 Å². The lowest BCUT2D eigenvalue weighted by atomic mass is 9.84. The van der Waals surface area contributed by atoms with E-state index in [1.165, 1.54) is 31.4 Å². The second kappa shape index (κ2) is 12.4. The lowest BCUT2D eigenvalue weighted by Crippen LogP contribution is -2.46. The van der Waals surface area contributed by atoms with Crippen molar-refractivity contribution in [2.75, 3.05) is 38.2 Å². The fraction of sp³-hybridized carbons (Fsp3) is 0.345. The Balaban J connectivity index is 1.36. The summed E-state index contributed by atoms with van der Waals surface area (Å²) < 4.78 is 55.4. The van der Waals surface area contributed by atoms with Gasteiger partial charge in [0.05, 0.1) is 41.3 Å². The van der Waals surface area contributed by atoms with E-state index in [9.17, 15) is 28.1 Å². The first-order chi connectivity index (χ1) is 20.9. The van der Waals surface area contributed by atoms with Crippen LogP contribution < -0.4 is 10.2 Å². The molecule has 1 unspecified atom stereocenters.